The molecule has 2 atom stereocenters. The van der Waals surface area contributed by atoms with Crippen molar-refractivity contribution in [2.75, 3.05) is 0 Å². The highest BCUT2D eigenvalue weighted by Crippen LogP contribution is 2.55. The number of carbonyl (C=O) groups excluding carboxylic acids is 1. The van der Waals surface area contributed by atoms with Crippen molar-refractivity contribution in [3.63, 3.8) is 0 Å². The Kier molecular flexibility index (Phi) is 3.31. The summed E-state index contributed by atoms with van der Waals surface area (Å²) in [5.41, 5.74) is -0.0178. The molecule has 0 radical (unpaired) electrons. The zero-order valence-corrected chi connectivity index (χ0v) is 13.0. The average molecular weight is 303 g/mol. The van der Waals surface area contributed by atoms with Crippen LogP contribution < -0.4 is 5.32 Å². The first-order valence-electron chi connectivity index (χ1n) is 8.74. The molecular formula is C18H25NO3. The van der Waals surface area contributed by atoms with Gasteiger partial charge in [0.2, 0.25) is 5.91 Å². The van der Waals surface area contributed by atoms with Crippen LogP contribution in [0, 0.1) is 29.6 Å². The van der Waals surface area contributed by atoms with Crippen LogP contribution in [0.4, 0.5) is 0 Å². The van der Waals surface area contributed by atoms with Gasteiger partial charge in [0.25, 0.3) is 0 Å². The molecule has 4 fully saturated rings. The molecule has 5 aliphatic rings. The second-order valence-electron chi connectivity index (χ2n) is 8.18. The van der Waals surface area contributed by atoms with Gasteiger partial charge in [0.05, 0.1) is 11.8 Å². The van der Waals surface area contributed by atoms with Crippen molar-refractivity contribution in [2.45, 2.75) is 56.9 Å². The summed E-state index contributed by atoms with van der Waals surface area (Å²) in [5.74, 6) is 0.553. The fourth-order valence-electron chi connectivity index (χ4n) is 5.99. The van der Waals surface area contributed by atoms with E-state index in [9.17, 15) is 14.7 Å². The highest BCUT2D eigenvalue weighted by Gasteiger charge is 2.52. The number of hydrogen-bond donors (Lipinski definition) is 2. The summed E-state index contributed by atoms with van der Waals surface area (Å²) < 4.78 is 0. The van der Waals surface area contributed by atoms with Gasteiger partial charge in [-0.25, -0.2) is 0 Å². The third-order valence-electron chi connectivity index (χ3n) is 6.51. The lowest BCUT2D eigenvalue weighted by molar-refractivity contribution is -0.148. The van der Waals surface area contributed by atoms with Gasteiger partial charge in [-0.15, -0.1) is 0 Å². The molecule has 0 spiro atoms. The van der Waals surface area contributed by atoms with Crippen LogP contribution in [0.2, 0.25) is 0 Å². The number of allylic oxidation sites excluding steroid dienone is 2. The number of carboxylic acid groups (broad SMARTS) is 1. The van der Waals surface area contributed by atoms with Gasteiger partial charge in [-0.1, -0.05) is 12.2 Å². The second-order valence-corrected chi connectivity index (χ2v) is 8.18. The van der Waals surface area contributed by atoms with Gasteiger partial charge < -0.3 is 10.4 Å². The van der Waals surface area contributed by atoms with Gasteiger partial charge >= 0.3 is 5.97 Å². The number of rotatable bonds is 3. The second kappa shape index (κ2) is 5.10. The van der Waals surface area contributed by atoms with Crippen LogP contribution in [0.3, 0.4) is 0 Å². The number of hydrogen-bond acceptors (Lipinski definition) is 2. The SMILES string of the molecule is O=C(O)[C@H]1CC=CC[C@H]1C(=O)NC12CC3CC(CC(C3)C1)C2. The normalized spacial score (nSPS) is 45.7. The number of aliphatic carboxylic acids is 1. The van der Waals surface area contributed by atoms with Gasteiger partial charge in [-0.2, -0.15) is 0 Å². The molecule has 22 heavy (non-hydrogen) atoms. The summed E-state index contributed by atoms with van der Waals surface area (Å²) in [7, 11) is 0. The Labute approximate surface area is 131 Å². The molecule has 4 bridgehead atoms. The standard InChI is InChI=1S/C18H25NO3/c20-16(14-3-1-2-4-15(14)17(21)22)19-18-8-11-5-12(9-18)7-13(6-11)10-18/h1-2,11-15H,3-10H2,(H,19,20)(H,21,22)/t11?,12?,13?,14-,15+,18?/m1/s1. The number of nitrogens with one attached hydrogen (secondary N) is 1. The van der Waals surface area contributed by atoms with Crippen molar-refractivity contribution in [3.05, 3.63) is 12.2 Å². The molecule has 0 aromatic rings. The molecular weight excluding hydrogens is 278 g/mol. The van der Waals surface area contributed by atoms with E-state index in [2.05, 4.69) is 5.32 Å². The summed E-state index contributed by atoms with van der Waals surface area (Å²) >= 11 is 0. The average Bonchev–Trinajstić information content (AvgIpc) is 2.45. The van der Waals surface area contributed by atoms with Crippen LogP contribution in [0.25, 0.3) is 0 Å². The highest BCUT2D eigenvalue weighted by atomic mass is 16.4. The molecule has 120 valence electrons. The summed E-state index contributed by atoms with van der Waals surface area (Å²) in [6, 6.07) is 0. The maximum absolute atomic E-state index is 12.8. The van der Waals surface area contributed by atoms with Crippen LogP contribution in [-0.4, -0.2) is 22.5 Å². The topological polar surface area (TPSA) is 66.4 Å². The van der Waals surface area contributed by atoms with Crippen LogP contribution in [0.1, 0.15) is 51.4 Å². The zero-order valence-electron chi connectivity index (χ0n) is 13.0. The van der Waals surface area contributed by atoms with E-state index in [1.807, 2.05) is 12.2 Å². The molecule has 0 saturated heterocycles. The first-order chi connectivity index (χ1) is 10.5. The molecule has 0 aromatic carbocycles. The van der Waals surface area contributed by atoms with Crippen molar-refractivity contribution >= 4 is 11.9 Å². The minimum Gasteiger partial charge on any atom is -0.481 e. The van der Waals surface area contributed by atoms with Crippen LogP contribution in [0.5, 0.6) is 0 Å². The molecule has 5 rings (SSSR count). The zero-order chi connectivity index (χ0) is 15.3. The Bertz CT molecular complexity index is 489. The van der Waals surface area contributed by atoms with Crippen LogP contribution in [-0.2, 0) is 9.59 Å². The molecule has 0 aromatic heterocycles. The quantitative estimate of drug-likeness (QED) is 0.788. The van der Waals surface area contributed by atoms with Gasteiger partial charge in [0.1, 0.15) is 0 Å². The molecule has 0 heterocycles. The minimum absolute atomic E-state index is 0.0151. The van der Waals surface area contributed by atoms with Crippen LogP contribution in [0.15, 0.2) is 12.2 Å². The van der Waals surface area contributed by atoms with E-state index >= 15 is 0 Å². The number of amides is 1. The van der Waals surface area contributed by atoms with Crippen molar-refractivity contribution in [3.8, 4) is 0 Å². The predicted octanol–water partition coefficient (Wildman–Crippen LogP) is 2.74. The lowest BCUT2D eigenvalue weighted by Gasteiger charge is -2.57. The van der Waals surface area contributed by atoms with Crippen LogP contribution >= 0.6 is 0 Å². The first kappa shape index (κ1) is 14.3. The lowest BCUT2D eigenvalue weighted by atomic mass is 9.53. The monoisotopic (exact) mass is 303 g/mol. The molecule has 5 aliphatic carbocycles. The van der Waals surface area contributed by atoms with Crippen molar-refractivity contribution in [1.82, 2.24) is 5.32 Å². The molecule has 0 unspecified atom stereocenters. The Hall–Kier alpha value is -1.32. The fourth-order valence-corrected chi connectivity index (χ4v) is 5.99. The van der Waals surface area contributed by atoms with E-state index in [4.69, 9.17) is 0 Å². The van der Waals surface area contributed by atoms with E-state index in [0.29, 0.717) is 12.8 Å². The van der Waals surface area contributed by atoms with E-state index in [1.165, 1.54) is 19.3 Å². The largest absolute Gasteiger partial charge is 0.481 e. The maximum atomic E-state index is 12.8. The van der Waals surface area contributed by atoms with Crippen molar-refractivity contribution < 1.29 is 14.7 Å². The van der Waals surface area contributed by atoms with Gasteiger partial charge in [0, 0.05) is 5.54 Å². The summed E-state index contributed by atoms with van der Waals surface area (Å²) in [6.45, 7) is 0. The Morgan fingerprint density at radius 1 is 0.909 bits per heavy atom. The minimum atomic E-state index is -0.838. The smallest absolute Gasteiger partial charge is 0.307 e. The van der Waals surface area contributed by atoms with E-state index in [1.54, 1.807) is 0 Å². The Morgan fingerprint density at radius 2 is 1.41 bits per heavy atom. The third kappa shape index (κ3) is 2.37. The fraction of sp³-hybridized carbons (Fsp3) is 0.778. The summed E-state index contributed by atoms with van der Waals surface area (Å²) in [5, 5.41) is 12.7. The third-order valence-corrected chi connectivity index (χ3v) is 6.51. The molecule has 2 N–H and O–H groups in total. The number of carbonyl (C=O) groups is 2. The lowest BCUT2D eigenvalue weighted by Crippen LogP contribution is -2.61. The van der Waals surface area contributed by atoms with Crippen molar-refractivity contribution in [2.24, 2.45) is 29.6 Å². The molecule has 4 saturated carbocycles. The van der Waals surface area contributed by atoms with Gasteiger partial charge in [-0.3, -0.25) is 9.59 Å². The van der Waals surface area contributed by atoms with Crippen molar-refractivity contribution in [1.29, 1.82) is 0 Å². The van der Waals surface area contributed by atoms with E-state index in [0.717, 1.165) is 37.0 Å². The number of carboxylic acids is 1. The summed E-state index contributed by atoms with van der Waals surface area (Å²) in [4.78, 5) is 24.2. The summed E-state index contributed by atoms with van der Waals surface area (Å²) in [6.07, 6.45) is 12.3. The highest BCUT2D eigenvalue weighted by molar-refractivity contribution is 5.85. The Balaban J connectivity index is 1.49. The van der Waals surface area contributed by atoms with E-state index in [-0.39, 0.29) is 11.4 Å². The molecule has 4 nitrogen and oxygen atoms in total. The first-order valence-corrected chi connectivity index (χ1v) is 8.74. The van der Waals surface area contributed by atoms with Gasteiger partial charge in [-0.05, 0) is 69.1 Å². The Morgan fingerprint density at radius 3 is 1.91 bits per heavy atom. The van der Waals surface area contributed by atoms with Gasteiger partial charge in [0.15, 0.2) is 0 Å². The predicted molar refractivity (Wildman–Crippen MR) is 82.0 cm³/mol. The molecule has 1 amide bonds. The maximum Gasteiger partial charge on any atom is 0.307 e. The molecule has 4 heteroatoms. The van der Waals surface area contributed by atoms with E-state index < -0.39 is 17.8 Å². The molecule has 0 aliphatic heterocycles.